The first-order valence-corrected chi connectivity index (χ1v) is 8.39. The molecular formula is C17H28N4. The number of hydrogen-bond donors (Lipinski definition) is 1. The van der Waals surface area contributed by atoms with E-state index in [-0.39, 0.29) is 0 Å². The van der Waals surface area contributed by atoms with Crippen LogP contribution in [-0.2, 0) is 6.54 Å². The van der Waals surface area contributed by atoms with Crippen molar-refractivity contribution >= 4 is 5.69 Å². The summed E-state index contributed by atoms with van der Waals surface area (Å²) in [5.74, 6) is 0.878. The van der Waals surface area contributed by atoms with Crippen LogP contribution in [0.3, 0.4) is 0 Å². The summed E-state index contributed by atoms with van der Waals surface area (Å²) in [6.07, 6.45) is 7.36. The molecule has 0 saturated carbocycles. The van der Waals surface area contributed by atoms with Crippen LogP contribution in [0.2, 0.25) is 0 Å². The van der Waals surface area contributed by atoms with Gasteiger partial charge >= 0.3 is 0 Å². The smallest absolute Gasteiger partial charge is 0.0445 e. The van der Waals surface area contributed by atoms with Gasteiger partial charge in [0.1, 0.15) is 0 Å². The summed E-state index contributed by atoms with van der Waals surface area (Å²) in [6.45, 7) is 8.92. The number of piperidine rings is 1. The van der Waals surface area contributed by atoms with E-state index in [4.69, 9.17) is 5.73 Å². The van der Waals surface area contributed by atoms with Gasteiger partial charge in [-0.1, -0.05) is 0 Å². The van der Waals surface area contributed by atoms with Crippen molar-refractivity contribution in [3.8, 4) is 0 Å². The van der Waals surface area contributed by atoms with Crippen LogP contribution in [0.15, 0.2) is 12.3 Å². The molecule has 2 saturated heterocycles. The summed E-state index contributed by atoms with van der Waals surface area (Å²) in [6, 6.07) is 2.20. The van der Waals surface area contributed by atoms with Crippen molar-refractivity contribution in [3.05, 3.63) is 23.5 Å². The van der Waals surface area contributed by atoms with E-state index in [0.717, 1.165) is 24.7 Å². The largest absolute Gasteiger partial charge is 0.371 e. The minimum atomic E-state index is 0.580. The molecule has 3 heterocycles. The average Bonchev–Trinajstić information content (AvgIpc) is 3.01. The molecule has 0 aromatic carbocycles. The lowest BCUT2D eigenvalue weighted by Gasteiger charge is -2.36. The lowest BCUT2D eigenvalue weighted by molar-refractivity contribution is 0.249. The van der Waals surface area contributed by atoms with E-state index in [1.807, 2.05) is 6.20 Å². The van der Waals surface area contributed by atoms with E-state index < -0.39 is 0 Å². The summed E-state index contributed by atoms with van der Waals surface area (Å²) in [7, 11) is 0. The molecular weight excluding hydrogens is 260 g/mol. The molecule has 1 aromatic heterocycles. The maximum absolute atomic E-state index is 5.87. The van der Waals surface area contributed by atoms with Gasteiger partial charge < -0.3 is 15.5 Å². The highest BCUT2D eigenvalue weighted by Crippen LogP contribution is 2.27. The lowest BCUT2D eigenvalue weighted by Crippen LogP contribution is -2.38. The van der Waals surface area contributed by atoms with Crippen molar-refractivity contribution in [1.82, 2.24) is 9.88 Å². The topological polar surface area (TPSA) is 45.4 Å². The molecule has 0 amide bonds. The van der Waals surface area contributed by atoms with Gasteiger partial charge in [0.25, 0.3) is 0 Å². The third-order valence-electron chi connectivity index (χ3n) is 4.99. The van der Waals surface area contributed by atoms with Crippen LogP contribution in [0.5, 0.6) is 0 Å². The van der Waals surface area contributed by atoms with E-state index in [0.29, 0.717) is 6.54 Å². The van der Waals surface area contributed by atoms with Gasteiger partial charge in [0.05, 0.1) is 0 Å². The lowest BCUT2D eigenvalue weighted by atomic mass is 9.95. The van der Waals surface area contributed by atoms with Gasteiger partial charge in [-0.3, -0.25) is 4.98 Å². The van der Waals surface area contributed by atoms with Crippen molar-refractivity contribution in [3.63, 3.8) is 0 Å². The minimum Gasteiger partial charge on any atom is -0.371 e. The zero-order valence-electron chi connectivity index (χ0n) is 13.2. The van der Waals surface area contributed by atoms with E-state index in [9.17, 15) is 0 Å². The van der Waals surface area contributed by atoms with Gasteiger partial charge in [0.15, 0.2) is 0 Å². The predicted molar refractivity (Wildman–Crippen MR) is 87.5 cm³/mol. The summed E-state index contributed by atoms with van der Waals surface area (Å²) < 4.78 is 0. The number of rotatable bonds is 4. The molecule has 2 aliphatic rings. The molecule has 0 spiro atoms. The Kier molecular flexibility index (Phi) is 4.76. The van der Waals surface area contributed by atoms with E-state index >= 15 is 0 Å². The first-order chi connectivity index (χ1) is 10.3. The molecule has 0 atom stereocenters. The number of nitrogens with zero attached hydrogens (tertiary/aromatic N) is 3. The normalized spacial score (nSPS) is 21.1. The Hall–Kier alpha value is -1.13. The Balaban J connectivity index is 1.59. The Labute approximate surface area is 128 Å². The summed E-state index contributed by atoms with van der Waals surface area (Å²) in [4.78, 5) is 9.54. The van der Waals surface area contributed by atoms with Crippen molar-refractivity contribution in [2.45, 2.75) is 39.2 Å². The van der Waals surface area contributed by atoms with Crippen molar-refractivity contribution < 1.29 is 0 Å². The van der Waals surface area contributed by atoms with Crippen LogP contribution in [-0.4, -0.2) is 42.6 Å². The second-order valence-corrected chi connectivity index (χ2v) is 6.60. The van der Waals surface area contributed by atoms with E-state index in [1.165, 1.54) is 56.6 Å². The number of likely N-dealkylation sites (tertiary alicyclic amines) is 1. The van der Waals surface area contributed by atoms with Crippen LogP contribution < -0.4 is 10.6 Å². The highest BCUT2D eigenvalue weighted by Gasteiger charge is 2.23. The van der Waals surface area contributed by atoms with Crippen molar-refractivity contribution in [2.75, 3.05) is 37.6 Å². The van der Waals surface area contributed by atoms with Crippen molar-refractivity contribution in [1.29, 1.82) is 0 Å². The fourth-order valence-corrected chi connectivity index (χ4v) is 3.71. The van der Waals surface area contributed by atoms with Gasteiger partial charge in [0.2, 0.25) is 0 Å². The Morgan fingerprint density at radius 2 is 1.90 bits per heavy atom. The summed E-state index contributed by atoms with van der Waals surface area (Å²) >= 11 is 0. The number of aromatic nitrogens is 1. The minimum absolute atomic E-state index is 0.580. The number of aryl methyl sites for hydroxylation is 1. The van der Waals surface area contributed by atoms with Gasteiger partial charge in [-0.05, 0) is 57.7 Å². The highest BCUT2D eigenvalue weighted by atomic mass is 15.2. The van der Waals surface area contributed by atoms with Crippen LogP contribution >= 0.6 is 0 Å². The fourth-order valence-electron chi connectivity index (χ4n) is 3.71. The molecule has 21 heavy (non-hydrogen) atoms. The zero-order valence-corrected chi connectivity index (χ0v) is 13.2. The summed E-state index contributed by atoms with van der Waals surface area (Å²) in [5, 5.41) is 0. The predicted octanol–water partition coefficient (Wildman–Crippen LogP) is 2.16. The second-order valence-electron chi connectivity index (χ2n) is 6.60. The summed E-state index contributed by atoms with van der Waals surface area (Å²) in [5.41, 5.74) is 9.44. The van der Waals surface area contributed by atoms with E-state index in [2.05, 4.69) is 27.8 Å². The molecule has 2 fully saturated rings. The third-order valence-corrected chi connectivity index (χ3v) is 4.99. The van der Waals surface area contributed by atoms with Crippen LogP contribution in [0.1, 0.15) is 36.9 Å². The number of hydrogen-bond acceptors (Lipinski definition) is 4. The molecule has 116 valence electrons. The molecule has 0 aliphatic carbocycles. The molecule has 0 radical (unpaired) electrons. The molecule has 4 nitrogen and oxygen atoms in total. The molecule has 0 bridgehead atoms. The number of pyridine rings is 1. The van der Waals surface area contributed by atoms with Crippen LogP contribution in [0.25, 0.3) is 0 Å². The maximum atomic E-state index is 5.87. The van der Waals surface area contributed by atoms with Gasteiger partial charge in [-0.15, -0.1) is 0 Å². The first-order valence-electron chi connectivity index (χ1n) is 8.39. The Bertz CT molecular complexity index is 460. The third kappa shape index (κ3) is 3.55. The van der Waals surface area contributed by atoms with Crippen LogP contribution in [0, 0.1) is 12.8 Å². The van der Waals surface area contributed by atoms with Crippen molar-refractivity contribution in [2.24, 2.45) is 11.7 Å². The Morgan fingerprint density at radius 3 is 2.57 bits per heavy atom. The quantitative estimate of drug-likeness (QED) is 0.922. The molecule has 4 heteroatoms. The number of anilines is 1. The molecule has 0 unspecified atom stereocenters. The average molecular weight is 288 g/mol. The molecule has 2 aliphatic heterocycles. The monoisotopic (exact) mass is 288 g/mol. The van der Waals surface area contributed by atoms with Gasteiger partial charge in [0, 0.05) is 49.3 Å². The zero-order chi connectivity index (χ0) is 14.7. The number of nitrogens with two attached hydrogens (primary N) is 1. The Morgan fingerprint density at radius 1 is 1.19 bits per heavy atom. The molecule has 3 rings (SSSR count). The van der Waals surface area contributed by atoms with Gasteiger partial charge in [-0.2, -0.15) is 0 Å². The van der Waals surface area contributed by atoms with Gasteiger partial charge in [-0.25, -0.2) is 0 Å². The molecule has 1 aromatic rings. The van der Waals surface area contributed by atoms with Crippen LogP contribution in [0.4, 0.5) is 5.69 Å². The SMILES string of the molecule is Cc1cc(N2CCC(CN3CCCC3)CC2)c(CN)cn1. The standard InChI is InChI=1S/C17H28N4/c1-14-10-17(16(11-18)12-19-14)21-8-4-15(5-9-21)13-20-6-2-3-7-20/h10,12,15H,2-9,11,13,18H2,1H3. The first kappa shape index (κ1) is 14.8. The maximum Gasteiger partial charge on any atom is 0.0445 e. The highest BCUT2D eigenvalue weighted by molar-refractivity contribution is 5.53. The second kappa shape index (κ2) is 6.75. The van der Waals surface area contributed by atoms with E-state index in [1.54, 1.807) is 0 Å². The fraction of sp³-hybridized carbons (Fsp3) is 0.706. The molecule has 2 N–H and O–H groups in total.